The topological polar surface area (TPSA) is 76.6 Å². The zero-order chi connectivity index (χ0) is 23.2. The number of pyridine rings is 2. The summed E-state index contributed by atoms with van der Waals surface area (Å²) in [6.45, 7) is 3.10. The smallest absolute Gasteiger partial charge is 0.257 e. The van der Waals surface area contributed by atoms with E-state index in [1.807, 2.05) is 79.0 Å². The number of morpholine rings is 1. The summed E-state index contributed by atoms with van der Waals surface area (Å²) < 4.78 is 11.2. The normalized spacial score (nSPS) is 13.4. The molecule has 0 radical (unpaired) electrons. The van der Waals surface area contributed by atoms with Crippen LogP contribution in [-0.2, 0) is 4.74 Å². The molecular formula is C27H24N4O3. The Labute approximate surface area is 198 Å². The summed E-state index contributed by atoms with van der Waals surface area (Å²) >= 11 is 0. The minimum atomic E-state index is -0.232. The van der Waals surface area contributed by atoms with Crippen molar-refractivity contribution < 1.29 is 14.3 Å². The molecule has 5 rings (SSSR count). The fourth-order valence-electron chi connectivity index (χ4n) is 3.69. The van der Waals surface area contributed by atoms with E-state index >= 15 is 0 Å². The summed E-state index contributed by atoms with van der Waals surface area (Å²) in [5, 5.41) is 2.91. The number of benzene rings is 2. The number of nitrogens with zero attached hydrogens (tertiary/aromatic N) is 3. The van der Waals surface area contributed by atoms with Crippen molar-refractivity contribution in [3.63, 3.8) is 0 Å². The Hall–Kier alpha value is -4.23. The van der Waals surface area contributed by atoms with Gasteiger partial charge in [-0.15, -0.1) is 0 Å². The number of para-hydroxylation sites is 1. The Morgan fingerprint density at radius 1 is 0.853 bits per heavy atom. The lowest BCUT2D eigenvalue weighted by molar-refractivity contribution is 0.102. The van der Waals surface area contributed by atoms with E-state index in [0.717, 1.165) is 35.8 Å². The van der Waals surface area contributed by atoms with Gasteiger partial charge in [0.2, 0.25) is 0 Å². The largest absolute Gasteiger partial charge is 0.457 e. The lowest BCUT2D eigenvalue weighted by Gasteiger charge is -2.27. The fourth-order valence-corrected chi connectivity index (χ4v) is 3.69. The van der Waals surface area contributed by atoms with Gasteiger partial charge in [0, 0.05) is 48.5 Å². The number of hydrogen-bond acceptors (Lipinski definition) is 6. The molecule has 1 fully saturated rings. The number of nitrogens with one attached hydrogen (secondary N) is 1. The maximum Gasteiger partial charge on any atom is 0.257 e. The number of aromatic nitrogens is 2. The molecule has 0 bridgehead atoms. The Bertz CT molecular complexity index is 1240. The van der Waals surface area contributed by atoms with Crippen molar-refractivity contribution in [2.45, 2.75) is 0 Å². The van der Waals surface area contributed by atoms with Gasteiger partial charge >= 0.3 is 0 Å². The highest BCUT2D eigenvalue weighted by molar-refractivity contribution is 6.04. The fraction of sp³-hybridized carbons (Fsp3) is 0.148. The number of ether oxygens (including phenoxy) is 2. The zero-order valence-electron chi connectivity index (χ0n) is 18.6. The predicted octanol–water partition coefficient (Wildman–Crippen LogP) is 5.02. The number of carbonyl (C=O) groups excluding carboxylic acids is 1. The first-order valence-electron chi connectivity index (χ1n) is 11.1. The van der Waals surface area contributed by atoms with Crippen molar-refractivity contribution in [3.05, 3.63) is 97.0 Å². The van der Waals surface area contributed by atoms with E-state index in [9.17, 15) is 4.79 Å². The van der Waals surface area contributed by atoms with Gasteiger partial charge in [0.25, 0.3) is 5.91 Å². The van der Waals surface area contributed by atoms with Gasteiger partial charge in [-0.3, -0.25) is 9.78 Å². The van der Waals surface area contributed by atoms with Crippen LogP contribution in [0.2, 0.25) is 0 Å². The number of hydrogen-bond donors (Lipinski definition) is 1. The van der Waals surface area contributed by atoms with Crippen LogP contribution < -0.4 is 15.0 Å². The summed E-state index contributed by atoms with van der Waals surface area (Å²) in [7, 11) is 0. The predicted molar refractivity (Wildman–Crippen MR) is 131 cm³/mol. The van der Waals surface area contributed by atoms with Gasteiger partial charge in [0.1, 0.15) is 17.3 Å². The quantitative estimate of drug-likeness (QED) is 0.442. The van der Waals surface area contributed by atoms with Crippen molar-refractivity contribution in [1.29, 1.82) is 0 Å². The summed E-state index contributed by atoms with van der Waals surface area (Å²) in [5.74, 6) is 2.15. The average Bonchev–Trinajstić information content (AvgIpc) is 2.91. The number of amides is 1. The second-order valence-corrected chi connectivity index (χ2v) is 7.86. The molecule has 1 saturated heterocycles. The molecule has 1 aliphatic heterocycles. The third-order valence-corrected chi connectivity index (χ3v) is 5.51. The van der Waals surface area contributed by atoms with Crippen LogP contribution in [-0.4, -0.2) is 42.2 Å². The Kier molecular flexibility index (Phi) is 6.45. The van der Waals surface area contributed by atoms with Crippen LogP contribution in [0.5, 0.6) is 11.5 Å². The van der Waals surface area contributed by atoms with Crippen LogP contribution in [0.15, 0.2) is 91.4 Å². The van der Waals surface area contributed by atoms with Gasteiger partial charge in [0.05, 0.1) is 18.8 Å². The molecule has 0 unspecified atom stereocenters. The van der Waals surface area contributed by atoms with E-state index in [2.05, 4.69) is 20.2 Å². The van der Waals surface area contributed by atoms with Gasteiger partial charge in [-0.25, -0.2) is 4.98 Å². The summed E-state index contributed by atoms with van der Waals surface area (Å²) in [6, 6.07) is 22.6. The Balaban J connectivity index is 1.24. The van der Waals surface area contributed by atoms with Crippen LogP contribution in [0, 0.1) is 0 Å². The van der Waals surface area contributed by atoms with Crippen LogP contribution in [0.4, 0.5) is 11.5 Å². The van der Waals surface area contributed by atoms with Crippen molar-refractivity contribution in [2.75, 3.05) is 36.5 Å². The second-order valence-electron chi connectivity index (χ2n) is 7.86. The molecule has 1 aliphatic rings. The zero-order valence-corrected chi connectivity index (χ0v) is 18.6. The van der Waals surface area contributed by atoms with Crippen LogP contribution in [0.25, 0.3) is 11.1 Å². The Morgan fingerprint density at radius 2 is 1.62 bits per heavy atom. The molecule has 0 saturated carbocycles. The SMILES string of the molecule is O=C(Nc1ccc(Oc2ccccc2)cc1)c1cncc(-c2ccc(N3CCOCC3)nc2)c1. The Morgan fingerprint density at radius 3 is 2.35 bits per heavy atom. The van der Waals surface area contributed by atoms with Crippen molar-refractivity contribution in [2.24, 2.45) is 0 Å². The lowest BCUT2D eigenvalue weighted by atomic mass is 10.1. The maximum absolute atomic E-state index is 12.8. The van der Waals surface area contributed by atoms with Gasteiger partial charge < -0.3 is 19.7 Å². The number of rotatable bonds is 6. The molecule has 2 aromatic carbocycles. The minimum Gasteiger partial charge on any atom is -0.457 e. The first-order chi connectivity index (χ1) is 16.7. The molecule has 0 aliphatic carbocycles. The maximum atomic E-state index is 12.8. The van der Waals surface area contributed by atoms with Crippen LogP contribution >= 0.6 is 0 Å². The lowest BCUT2D eigenvalue weighted by Crippen LogP contribution is -2.36. The molecule has 170 valence electrons. The van der Waals surface area contributed by atoms with Crippen LogP contribution in [0.1, 0.15) is 10.4 Å². The molecule has 2 aromatic heterocycles. The highest BCUT2D eigenvalue weighted by atomic mass is 16.5. The molecule has 4 aromatic rings. The van der Waals surface area contributed by atoms with E-state index in [0.29, 0.717) is 30.2 Å². The van der Waals surface area contributed by atoms with Crippen LogP contribution in [0.3, 0.4) is 0 Å². The first-order valence-corrected chi connectivity index (χ1v) is 11.1. The van der Waals surface area contributed by atoms with Gasteiger partial charge in [0.15, 0.2) is 0 Å². The van der Waals surface area contributed by atoms with Gasteiger partial charge in [-0.1, -0.05) is 18.2 Å². The third-order valence-electron chi connectivity index (χ3n) is 5.51. The van der Waals surface area contributed by atoms with E-state index < -0.39 is 0 Å². The second kappa shape index (κ2) is 10.1. The van der Waals surface area contributed by atoms with Crippen molar-refractivity contribution in [3.8, 4) is 22.6 Å². The summed E-state index contributed by atoms with van der Waals surface area (Å²) in [4.78, 5) is 23.9. The van der Waals surface area contributed by atoms with E-state index in [4.69, 9.17) is 9.47 Å². The van der Waals surface area contributed by atoms with Crippen molar-refractivity contribution in [1.82, 2.24) is 9.97 Å². The van der Waals surface area contributed by atoms with Crippen molar-refractivity contribution >= 4 is 17.4 Å². The summed E-state index contributed by atoms with van der Waals surface area (Å²) in [5.41, 5.74) is 2.88. The van der Waals surface area contributed by atoms with E-state index in [1.54, 1.807) is 12.4 Å². The number of carbonyl (C=O) groups is 1. The standard InChI is InChI=1S/C27H24N4O3/c32-27(30-23-7-9-25(10-8-23)34-24-4-2-1-3-5-24)22-16-21(17-28-18-22)20-6-11-26(29-19-20)31-12-14-33-15-13-31/h1-11,16-19H,12-15H2,(H,30,32). The average molecular weight is 453 g/mol. The van der Waals surface area contributed by atoms with E-state index in [-0.39, 0.29) is 5.91 Å². The monoisotopic (exact) mass is 452 g/mol. The molecule has 0 atom stereocenters. The van der Waals surface area contributed by atoms with Gasteiger partial charge in [-0.05, 0) is 54.6 Å². The molecule has 7 nitrogen and oxygen atoms in total. The summed E-state index contributed by atoms with van der Waals surface area (Å²) in [6.07, 6.45) is 5.11. The van der Waals surface area contributed by atoms with E-state index in [1.165, 1.54) is 0 Å². The number of anilines is 2. The molecule has 1 amide bonds. The third kappa shape index (κ3) is 5.22. The molecule has 3 heterocycles. The highest BCUT2D eigenvalue weighted by Gasteiger charge is 2.13. The molecule has 34 heavy (non-hydrogen) atoms. The highest BCUT2D eigenvalue weighted by Crippen LogP contribution is 2.24. The molecule has 0 spiro atoms. The molecule has 1 N–H and O–H groups in total. The van der Waals surface area contributed by atoms with Gasteiger partial charge in [-0.2, -0.15) is 0 Å². The molecular weight excluding hydrogens is 428 g/mol. The first kappa shape index (κ1) is 21.6. The molecule has 7 heteroatoms. The minimum absolute atomic E-state index is 0.232.